The highest BCUT2D eigenvalue weighted by Crippen LogP contribution is 2.46. The van der Waals surface area contributed by atoms with Crippen LogP contribution in [0.25, 0.3) is 5.69 Å². The molecule has 1 aliphatic rings. The van der Waals surface area contributed by atoms with Crippen LogP contribution in [0.15, 0.2) is 47.7 Å². The van der Waals surface area contributed by atoms with Crippen molar-refractivity contribution in [2.24, 2.45) is 10.4 Å². The molecule has 2 heterocycles. The molecule has 128 valence electrons. The number of nitrogens with one attached hydrogen (secondary N) is 1. The molecule has 3 rings (SSSR count). The summed E-state index contributed by atoms with van der Waals surface area (Å²) in [6, 6.07) is 10.2. The van der Waals surface area contributed by atoms with Gasteiger partial charge in [0.2, 0.25) is 0 Å². The Labute approximate surface area is 144 Å². The van der Waals surface area contributed by atoms with Crippen molar-refractivity contribution in [1.29, 1.82) is 0 Å². The van der Waals surface area contributed by atoms with Crippen molar-refractivity contribution in [3.8, 4) is 5.69 Å². The highest BCUT2D eigenvalue weighted by atomic mass is 15.4. The number of aromatic nitrogens is 2. The lowest BCUT2D eigenvalue weighted by atomic mass is 9.65. The summed E-state index contributed by atoms with van der Waals surface area (Å²) in [7, 11) is 1.85. The molecule has 24 heavy (non-hydrogen) atoms. The van der Waals surface area contributed by atoms with E-state index in [9.17, 15) is 0 Å². The number of likely N-dealkylation sites (tertiary alicyclic amines) is 1. The molecule has 0 amide bonds. The van der Waals surface area contributed by atoms with Gasteiger partial charge in [-0.3, -0.25) is 4.99 Å². The number of hydrogen-bond acceptors (Lipinski definition) is 2. The molecule has 0 radical (unpaired) electrons. The third kappa shape index (κ3) is 2.68. The Morgan fingerprint density at radius 1 is 1.21 bits per heavy atom. The highest BCUT2D eigenvalue weighted by molar-refractivity contribution is 5.82. The zero-order valence-corrected chi connectivity index (χ0v) is 15.2. The van der Waals surface area contributed by atoms with E-state index in [1.807, 2.05) is 30.1 Å². The molecule has 1 aliphatic heterocycles. The minimum absolute atomic E-state index is 0.0936. The van der Waals surface area contributed by atoms with E-state index in [4.69, 9.17) is 0 Å². The number of rotatable bonds is 3. The van der Waals surface area contributed by atoms with Crippen LogP contribution in [0.1, 0.15) is 33.3 Å². The van der Waals surface area contributed by atoms with E-state index in [0.717, 1.165) is 24.7 Å². The third-order valence-corrected chi connectivity index (χ3v) is 5.53. The Morgan fingerprint density at radius 3 is 2.54 bits per heavy atom. The first-order chi connectivity index (χ1) is 11.4. The van der Waals surface area contributed by atoms with Crippen molar-refractivity contribution in [2.75, 3.05) is 13.6 Å². The number of para-hydroxylation sites is 1. The van der Waals surface area contributed by atoms with Gasteiger partial charge in [0.25, 0.3) is 0 Å². The van der Waals surface area contributed by atoms with Crippen molar-refractivity contribution < 1.29 is 0 Å². The molecule has 0 bridgehead atoms. The lowest BCUT2D eigenvalue weighted by molar-refractivity contribution is -0.0667. The molecule has 0 spiro atoms. The first-order valence-electron chi connectivity index (χ1n) is 8.43. The van der Waals surface area contributed by atoms with E-state index in [0.29, 0.717) is 0 Å². The molecule has 5 heteroatoms. The lowest BCUT2D eigenvalue weighted by Gasteiger charge is -2.62. The van der Waals surface area contributed by atoms with Gasteiger partial charge in [0, 0.05) is 43.5 Å². The summed E-state index contributed by atoms with van der Waals surface area (Å²) in [4.78, 5) is 6.84. The number of guanidine groups is 1. The molecular weight excluding hydrogens is 298 g/mol. The molecule has 1 fully saturated rings. The summed E-state index contributed by atoms with van der Waals surface area (Å²) in [5.74, 6) is 0.953. The SMILES string of the molecule is CN=C(NCc1ccccc1-n1cccn1)N1CC(C)(C)C1(C)C. The fourth-order valence-electron chi connectivity index (χ4n) is 3.16. The zero-order valence-electron chi connectivity index (χ0n) is 15.2. The van der Waals surface area contributed by atoms with Crippen LogP contribution in [-0.2, 0) is 6.54 Å². The first kappa shape index (κ1) is 16.6. The van der Waals surface area contributed by atoms with Crippen molar-refractivity contribution in [1.82, 2.24) is 20.0 Å². The van der Waals surface area contributed by atoms with Crippen LogP contribution in [-0.4, -0.2) is 39.8 Å². The molecule has 1 saturated heterocycles. The molecule has 0 atom stereocenters. The fourth-order valence-corrected chi connectivity index (χ4v) is 3.16. The standard InChI is InChI=1S/C19H27N5/c1-18(2)14-23(19(18,3)4)17(20-5)21-13-15-9-6-7-10-16(15)24-12-8-11-22-24/h6-12H,13-14H2,1-5H3,(H,20,21). The number of benzene rings is 1. The topological polar surface area (TPSA) is 45.5 Å². The van der Waals surface area contributed by atoms with Crippen LogP contribution in [0, 0.1) is 5.41 Å². The van der Waals surface area contributed by atoms with Gasteiger partial charge in [0.05, 0.1) is 5.69 Å². The van der Waals surface area contributed by atoms with Crippen LogP contribution >= 0.6 is 0 Å². The van der Waals surface area contributed by atoms with E-state index < -0.39 is 0 Å². The predicted molar refractivity (Wildman–Crippen MR) is 98.3 cm³/mol. The van der Waals surface area contributed by atoms with Crippen molar-refractivity contribution in [2.45, 2.75) is 39.8 Å². The summed E-state index contributed by atoms with van der Waals surface area (Å²) in [5.41, 5.74) is 2.67. The number of aliphatic imine (C=N–C) groups is 1. The van der Waals surface area contributed by atoms with Crippen LogP contribution in [0.2, 0.25) is 0 Å². The van der Waals surface area contributed by atoms with Crippen molar-refractivity contribution >= 4 is 5.96 Å². The molecule has 5 nitrogen and oxygen atoms in total. The van der Waals surface area contributed by atoms with Gasteiger partial charge in [-0.2, -0.15) is 5.10 Å². The Hall–Kier alpha value is -2.30. The summed E-state index contributed by atoms with van der Waals surface area (Å²) in [6.07, 6.45) is 3.77. The summed E-state index contributed by atoms with van der Waals surface area (Å²) in [5, 5.41) is 7.87. The maximum Gasteiger partial charge on any atom is 0.194 e. The maximum absolute atomic E-state index is 4.49. The third-order valence-electron chi connectivity index (χ3n) is 5.53. The van der Waals surface area contributed by atoms with Crippen LogP contribution < -0.4 is 5.32 Å². The van der Waals surface area contributed by atoms with Gasteiger partial charge >= 0.3 is 0 Å². The van der Waals surface area contributed by atoms with E-state index in [-0.39, 0.29) is 11.0 Å². The second-order valence-corrected chi connectivity index (χ2v) is 7.51. The Bertz CT molecular complexity index is 728. The van der Waals surface area contributed by atoms with Gasteiger partial charge in [0.15, 0.2) is 5.96 Å². The van der Waals surface area contributed by atoms with Crippen molar-refractivity contribution in [3.05, 3.63) is 48.3 Å². The quantitative estimate of drug-likeness (QED) is 0.697. The fraction of sp³-hybridized carbons (Fsp3) is 0.474. The lowest BCUT2D eigenvalue weighted by Crippen LogP contribution is -2.72. The Balaban J connectivity index is 1.75. The maximum atomic E-state index is 4.49. The van der Waals surface area contributed by atoms with Crippen molar-refractivity contribution in [3.63, 3.8) is 0 Å². The van der Waals surface area contributed by atoms with Crippen LogP contribution in [0.4, 0.5) is 0 Å². The van der Waals surface area contributed by atoms with Crippen LogP contribution in [0.3, 0.4) is 0 Å². The van der Waals surface area contributed by atoms with E-state index in [1.165, 1.54) is 5.56 Å². The largest absolute Gasteiger partial charge is 0.352 e. The second-order valence-electron chi connectivity index (χ2n) is 7.51. The van der Waals surface area contributed by atoms with Gasteiger partial charge < -0.3 is 10.2 Å². The summed E-state index contributed by atoms with van der Waals surface area (Å²) >= 11 is 0. The van der Waals surface area contributed by atoms with Gasteiger partial charge in [-0.1, -0.05) is 32.0 Å². The number of hydrogen-bond donors (Lipinski definition) is 1. The first-order valence-corrected chi connectivity index (χ1v) is 8.43. The van der Waals surface area contributed by atoms with Gasteiger partial charge in [-0.05, 0) is 31.5 Å². The molecule has 1 N–H and O–H groups in total. The summed E-state index contributed by atoms with van der Waals surface area (Å²) in [6.45, 7) is 10.9. The molecule has 2 aromatic rings. The second kappa shape index (κ2) is 5.96. The molecule has 1 aromatic heterocycles. The predicted octanol–water partition coefficient (Wildman–Crippen LogP) is 3.07. The Morgan fingerprint density at radius 2 is 1.96 bits per heavy atom. The van der Waals surface area contributed by atoms with E-state index in [2.05, 4.69) is 66.2 Å². The minimum atomic E-state index is 0.0936. The molecule has 1 aromatic carbocycles. The molecule has 0 aliphatic carbocycles. The molecule has 0 unspecified atom stereocenters. The Kier molecular flexibility index (Phi) is 4.11. The van der Waals surface area contributed by atoms with Gasteiger partial charge in [-0.15, -0.1) is 0 Å². The highest BCUT2D eigenvalue weighted by Gasteiger charge is 2.53. The van der Waals surface area contributed by atoms with Gasteiger partial charge in [-0.25, -0.2) is 4.68 Å². The monoisotopic (exact) mass is 325 g/mol. The van der Waals surface area contributed by atoms with E-state index in [1.54, 1.807) is 6.20 Å². The number of nitrogens with zero attached hydrogens (tertiary/aromatic N) is 4. The minimum Gasteiger partial charge on any atom is -0.352 e. The average molecular weight is 325 g/mol. The summed E-state index contributed by atoms with van der Waals surface area (Å²) < 4.78 is 1.90. The normalized spacial score (nSPS) is 19.0. The smallest absolute Gasteiger partial charge is 0.194 e. The molecular formula is C19H27N5. The van der Waals surface area contributed by atoms with Crippen LogP contribution in [0.5, 0.6) is 0 Å². The zero-order chi connectivity index (χ0) is 17.4. The van der Waals surface area contributed by atoms with E-state index >= 15 is 0 Å². The average Bonchev–Trinajstić information content (AvgIpc) is 3.09. The molecule has 0 saturated carbocycles. The van der Waals surface area contributed by atoms with Gasteiger partial charge in [0.1, 0.15) is 0 Å².